The van der Waals surface area contributed by atoms with Crippen molar-refractivity contribution in [2.24, 2.45) is 11.3 Å². The molecule has 1 unspecified atom stereocenters. The van der Waals surface area contributed by atoms with Gasteiger partial charge in [0.25, 0.3) is 0 Å². The molecule has 0 aromatic rings. The van der Waals surface area contributed by atoms with Gasteiger partial charge in [0.1, 0.15) is 0 Å². The molecule has 0 amide bonds. The lowest BCUT2D eigenvalue weighted by atomic mass is 9.82. The van der Waals surface area contributed by atoms with Gasteiger partial charge in [-0.3, -0.25) is 9.69 Å². The average Bonchev–Trinajstić information content (AvgIpc) is 2.98. The van der Waals surface area contributed by atoms with Crippen LogP contribution in [0.5, 0.6) is 0 Å². The van der Waals surface area contributed by atoms with Gasteiger partial charge in [0.15, 0.2) is 5.78 Å². The number of ketones is 1. The molecule has 0 aliphatic carbocycles. The Kier molecular flexibility index (Phi) is 4.21. The topological polar surface area (TPSA) is 29.5 Å². The molecule has 2 saturated heterocycles. The molecular weight excluding hydrogens is 214 g/mol. The molecule has 2 fully saturated rings. The number of Topliss-reactive ketones (excluding diaryl/α,β-unsaturated/α-hetero) is 1. The van der Waals surface area contributed by atoms with Gasteiger partial charge < -0.3 is 4.74 Å². The quantitative estimate of drug-likeness (QED) is 0.736. The van der Waals surface area contributed by atoms with Crippen molar-refractivity contribution in [2.75, 3.05) is 32.8 Å². The van der Waals surface area contributed by atoms with E-state index in [4.69, 9.17) is 4.74 Å². The lowest BCUT2D eigenvalue weighted by molar-refractivity contribution is -0.123. The van der Waals surface area contributed by atoms with Gasteiger partial charge in [0, 0.05) is 19.1 Å². The van der Waals surface area contributed by atoms with Crippen LogP contribution in [0.25, 0.3) is 0 Å². The highest BCUT2D eigenvalue weighted by Gasteiger charge is 2.36. The Morgan fingerprint density at radius 2 is 2.18 bits per heavy atom. The molecule has 0 aromatic heterocycles. The first-order valence-electron chi connectivity index (χ1n) is 7.02. The monoisotopic (exact) mass is 239 g/mol. The second-order valence-electron chi connectivity index (χ2n) is 5.69. The predicted molar refractivity (Wildman–Crippen MR) is 68.0 cm³/mol. The molecule has 0 spiro atoms. The van der Waals surface area contributed by atoms with Crippen LogP contribution in [0.3, 0.4) is 0 Å². The number of rotatable bonds is 5. The Morgan fingerprint density at radius 1 is 1.41 bits per heavy atom. The van der Waals surface area contributed by atoms with Crippen LogP contribution in [0.15, 0.2) is 0 Å². The predicted octanol–water partition coefficient (Wildman–Crippen LogP) is 2.10. The Labute approximate surface area is 105 Å². The maximum Gasteiger partial charge on any atom is 0.152 e. The van der Waals surface area contributed by atoms with Crippen LogP contribution in [0.4, 0.5) is 0 Å². The van der Waals surface area contributed by atoms with E-state index in [0.717, 1.165) is 26.1 Å². The highest BCUT2D eigenvalue weighted by molar-refractivity contribution is 5.83. The van der Waals surface area contributed by atoms with Crippen LogP contribution in [0.2, 0.25) is 0 Å². The van der Waals surface area contributed by atoms with Crippen LogP contribution in [-0.4, -0.2) is 43.5 Å². The number of nitrogens with zero attached hydrogens (tertiary/aromatic N) is 1. The first kappa shape index (κ1) is 13.0. The van der Waals surface area contributed by atoms with Gasteiger partial charge in [-0.1, -0.05) is 13.8 Å². The summed E-state index contributed by atoms with van der Waals surface area (Å²) in [6.07, 6.45) is 4.66. The molecule has 0 radical (unpaired) electrons. The smallest absolute Gasteiger partial charge is 0.152 e. The Balaban J connectivity index is 1.82. The maximum atomic E-state index is 12.1. The van der Waals surface area contributed by atoms with E-state index in [1.807, 2.05) is 0 Å². The van der Waals surface area contributed by atoms with E-state index in [2.05, 4.69) is 18.7 Å². The third kappa shape index (κ3) is 2.89. The lowest BCUT2D eigenvalue weighted by Crippen LogP contribution is -2.33. The molecule has 2 aliphatic heterocycles. The minimum atomic E-state index is 0.174. The van der Waals surface area contributed by atoms with Gasteiger partial charge in [-0.15, -0.1) is 0 Å². The summed E-state index contributed by atoms with van der Waals surface area (Å²) in [6, 6.07) is 0. The molecule has 0 N–H and O–H groups in total. The summed E-state index contributed by atoms with van der Waals surface area (Å²) in [7, 11) is 0. The van der Waals surface area contributed by atoms with Gasteiger partial charge in [0.2, 0.25) is 0 Å². The first-order chi connectivity index (χ1) is 8.19. The van der Waals surface area contributed by atoms with Gasteiger partial charge in [-0.2, -0.15) is 0 Å². The largest absolute Gasteiger partial charge is 0.381 e. The summed E-state index contributed by atoms with van der Waals surface area (Å²) >= 11 is 0. The zero-order chi connectivity index (χ0) is 12.3. The average molecular weight is 239 g/mol. The lowest BCUT2D eigenvalue weighted by Gasteiger charge is -2.26. The number of carbonyl (C=O) groups excluding carboxylic acids is 1. The SMILES string of the molecule is CCC1(CC)CCN(CC(=O)C2CCOC2)C1. The van der Waals surface area contributed by atoms with Gasteiger partial charge in [0.05, 0.1) is 13.2 Å². The minimum Gasteiger partial charge on any atom is -0.381 e. The molecule has 3 heteroatoms. The Morgan fingerprint density at radius 3 is 2.71 bits per heavy atom. The second kappa shape index (κ2) is 5.49. The molecular formula is C14H25NO2. The van der Waals surface area contributed by atoms with Gasteiger partial charge >= 0.3 is 0 Å². The van der Waals surface area contributed by atoms with E-state index in [1.165, 1.54) is 19.3 Å². The molecule has 98 valence electrons. The molecule has 1 atom stereocenters. The molecule has 0 bridgehead atoms. The standard InChI is InChI=1S/C14H25NO2/c1-3-14(4-2)6-7-15(11-14)9-13(16)12-5-8-17-10-12/h12H,3-11H2,1-2H3. The first-order valence-corrected chi connectivity index (χ1v) is 7.02. The van der Waals surface area contributed by atoms with Crippen molar-refractivity contribution in [1.82, 2.24) is 4.90 Å². The Bertz CT molecular complexity index is 267. The molecule has 2 rings (SSSR count). The molecule has 0 saturated carbocycles. The zero-order valence-corrected chi connectivity index (χ0v) is 11.2. The second-order valence-corrected chi connectivity index (χ2v) is 5.69. The molecule has 0 aromatic carbocycles. The van der Waals surface area contributed by atoms with Crippen molar-refractivity contribution in [3.63, 3.8) is 0 Å². The third-order valence-corrected chi connectivity index (χ3v) is 4.78. The van der Waals surface area contributed by atoms with Gasteiger partial charge in [-0.25, -0.2) is 0 Å². The third-order valence-electron chi connectivity index (χ3n) is 4.78. The van der Waals surface area contributed by atoms with Crippen molar-refractivity contribution in [3.05, 3.63) is 0 Å². The van der Waals surface area contributed by atoms with Gasteiger partial charge in [-0.05, 0) is 37.6 Å². The fourth-order valence-corrected chi connectivity index (χ4v) is 3.13. The summed E-state index contributed by atoms with van der Waals surface area (Å²) in [5.41, 5.74) is 0.479. The van der Waals surface area contributed by atoms with Crippen LogP contribution in [-0.2, 0) is 9.53 Å². The fourth-order valence-electron chi connectivity index (χ4n) is 3.13. The zero-order valence-electron chi connectivity index (χ0n) is 11.2. The number of ether oxygens (including phenoxy) is 1. The number of likely N-dealkylation sites (tertiary alicyclic amines) is 1. The van der Waals surface area contributed by atoms with Crippen LogP contribution in [0, 0.1) is 11.3 Å². The summed E-state index contributed by atoms with van der Waals surface area (Å²) < 4.78 is 5.29. The summed E-state index contributed by atoms with van der Waals surface area (Å²) in [4.78, 5) is 14.4. The minimum absolute atomic E-state index is 0.174. The van der Waals surface area contributed by atoms with Crippen molar-refractivity contribution < 1.29 is 9.53 Å². The van der Waals surface area contributed by atoms with Crippen molar-refractivity contribution in [2.45, 2.75) is 39.5 Å². The van der Waals surface area contributed by atoms with E-state index in [9.17, 15) is 4.79 Å². The molecule has 17 heavy (non-hydrogen) atoms. The van der Waals surface area contributed by atoms with Crippen molar-refractivity contribution >= 4 is 5.78 Å². The summed E-state index contributed by atoms with van der Waals surface area (Å²) in [5, 5.41) is 0. The number of carbonyl (C=O) groups is 1. The van der Waals surface area contributed by atoms with Crippen molar-refractivity contribution in [3.8, 4) is 0 Å². The molecule has 3 nitrogen and oxygen atoms in total. The fraction of sp³-hybridized carbons (Fsp3) is 0.929. The number of hydrogen-bond acceptors (Lipinski definition) is 3. The van der Waals surface area contributed by atoms with E-state index in [-0.39, 0.29) is 5.92 Å². The molecule has 2 aliphatic rings. The van der Waals surface area contributed by atoms with Crippen LogP contribution >= 0.6 is 0 Å². The maximum absolute atomic E-state index is 12.1. The molecule has 2 heterocycles. The highest BCUT2D eigenvalue weighted by atomic mass is 16.5. The summed E-state index contributed by atoms with van der Waals surface area (Å²) in [6.45, 7) is 8.83. The van der Waals surface area contributed by atoms with E-state index in [1.54, 1.807) is 0 Å². The normalized spacial score (nSPS) is 28.7. The van der Waals surface area contributed by atoms with Crippen LogP contribution < -0.4 is 0 Å². The van der Waals surface area contributed by atoms with Crippen LogP contribution in [0.1, 0.15) is 39.5 Å². The highest BCUT2D eigenvalue weighted by Crippen LogP contribution is 2.36. The number of hydrogen-bond donors (Lipinski definition) is 0. The Hall–Kier alpha value is -0.410. The van der Waals surface area contributed by atoms with E-state index >= 15 is 0 Å². The van der Waals surface area contributed by atoms with E-state index in [0.29, 0.717) is 24.3 Å². The van der Waals surface area contributed by atoms with E-state index < -0.39 is 0 Å². The summed E-state index contributed by atoms with van der Waals surface area (Å²) in [5.74, 6) is 0.568. The van der Waals surface area contributed by atoms with Crippen molar-refractivity contribution in [1.29, 1.82) is 0 Å².